The van der Waals surface area contributed by atoms with E-state index in [-0.39, 0.29) is 31.1 Å². The molecular formula is C77H130O6. The molecule has 0 spiro atoms. The summed E-state index contributed by atoms with van der Waals surface area (Å²) in [7, 11) is 0. The highest BCUT2D eigenvalue weighted by Crippen LogP contribution is 2.16. The summed E-state index contributed by atoms with van der Waals surface area (Å²) < 4.78 is 16.9. The highest BCUT2D eigenvalue weighted by molar-refractivity contribution is 5.71. The van der Waals surface area contributed by atoms with Crippen LogP contribution in [0.4, 0.5) is 0 Å². The van der Waals surface area contributed by atoms with E-state index in [1.54, 1.807) is 0 Å². The van der Waals surface area contributed by atoms with Crippen LogP contribution in [0.5, 0.6) is 0 Å². The molecule has 6 nitrogen and oxygen atoms in total. The van der Waals surface area contributed by atoms with E-state index in [9.17, 15) is 14.4 Å². The van der Waals surface area contributed by atoms with E-state index in [0.717, 1.165) is 135 Å². The number of carbonyl (C=O) groups excluding carboxylic acids is 3. The van der Waals surface area contributed by atoms with E-state index in [4.69, 9.17) is 14.2 Å². The quantitative estimate of drug-likeness (QED) is 0.0261. The van der Waals surface area contributed by atoms with E-state index in [0.29, 0.717) is 19.3 Å². The maximum Gasteiger partial charge on any atom is 0.306 e. The molecule has 0 aliphatic rings. The first-order chi connectivity index (χ1) is 41.0. The van der Waals surface area contributed by atoms with Gasteiger partial charge in [-0.15, -0.1) is 0 Å². The fourth-order valence-electron chi connectivity index (χ4n) is 9.73. The number of allylic oxidation sites excluding steroid dienone is 20. The Morgan fingerprint density at radius 2 is 0.470 bits per heavy atom. The van der Waals surface area contributed by atoms with Crippen molar-refractivity contribution in [2.45, 2.75) is 335 Å². The second kappa shape index (κ2) is 70.3. The summed E-state index contributed by atoms with van der Waals surface area (Å²) in [5.74, 6) is -0.894. The van der Waals surface area contributed by atoms with Crippen LogP contribution >= 0.6 is 0 Å². The number of unbranched alkanes of at least 4 members (excludes halogenated alkanes) is 32. The van der Waals surface area contributed by atoms with Crippen LogP contribution in [0.15, 0.2) is 122 Å². The third kappa shape index (κ3) is 68.5. The number of hydrogen-bond acceptors (Lipinski definition) is 6. The van der Waals surface area contributed by atoms with E-state index < -0.39 is 6.10 Å². The predicted octanol–water partition coefficient (Wildman–Crippen LogP) is 24.3. The first-order valence-corrected chi connectivity index (χ1v) is 35.0. The summed E-state index contributed by atoms with van der Waals surface area (Å²) in [6.07, 6.45) is 97.9. The molecule has 0 N–H and O–H groups in total. The molecule has 0 heterocycles. The van der Waals surface area contributed by atoms with Crippen LogP contribution in [0.2, 0.25) is 0 Å². The summed E-state index contributed by atoms with van der Waals surface area (Å²) >= 11 is 0. The molecule has 1 atom stereocenters. The van der Waals surface area contributed by atoms with Gasteiger partial charge in [0, 0.05) is 19.3 Å². The molecule has 0 saturated carbocycles. The first-order valence-electron chi connectivity index (χ1n) is 35.0. The van der Waals surface area contributed by atoms with Crippen molar-refractivity contribution in [3.63, 3.8) is 0 Å². The molecule has 474 valence electrons. The van der Waals surface area contributed by atoms with Crippen molar-refractivity contribution < 1.29 is 28.6 Å². The van der Waals surface area contributed by atoms with E-state index in [2.05, 4.69) is 142 Å². The van der Waals surface area contributed by atoms with Gasteiger partial charge in [-0.1, -0.05) is 316 Å². The molecule has 0 saturated heterocycles. The maximum absolute atomic E-state index is 12.9. The molecule has 0 amide bonds. The van der Waals surface area contributed by atoms with Crippen molar-refractivity contribution >= 4 is 17.9 Å². The third-order valence-electron chi connectivity index (χ3n) is 15.0. The molecule has 0 aliphatic carbocycles. The van der Waals surface area contributed by atoms with E-state index in [1.165, 1.54) is 154 Å². The number of rotatable bonds is 63. The van der Waals surface area contributed by atoms with E-state index >= 15 is 0 Å². The lowest BCUT2D eigenvalue weighted by molar-refractivity contribution is -0.167. The fourth-order valence-corrected chi connectivity index (χ4v) is 9.73. The molecule has 0 fully saturated rings. The Bertz CT molecular complexity index is 1700. The van der Waals surface area contributed by atoms with Crippen LogP contribution < -0.4 is 0 Å². The van der Waals surface area contributed by atoms with Crippen LogP contribution in [0.1, 0.15) is 329 Å². The zero-order valence-electron chi connectivity index (χ0n) is 54.4. The molecule has 0 aromatic rings. The number of hydrogen-bond donors (Lipinski definition) is 0. The monoisotopic (exact) mass is 1150 g/mol. The van der Waals surface area contributed by atoms with Crippen molar-refractivity contribution in [1.82, 2.24) is 0 Å². The topological polar surface area (TPSA) is 78.9 Å². The van der Waals surface area contributed by atoms with Crippen molar-refractivity contribution in [2.24, 2.45) is 0 Å². The molecule has 0 radical (unpaired) electrons. The second-order valence-electron chi connectivity index (χ2n) is 23.1. The lowest BCUT2D eigenvalue weighted by Crippen LogP contribution is -2.30. The zero-order valence-corrected chi connectivity index (χ0v) is 54.4. The van der Waals surface area contributed by atoms with Gasteiger partial charge < -0.3 is 14.2 Å². The average Bonchev–Trinajstić information content (AvgIpc) is 3.49. The fraction of sp³-hybridized carbons (Fsp3) is 0.701. The molecule has 0 aliphatic heterocycles. The largest absolute Gasteiger partial charge is 0.462 e. The average molecular weight is 1150 g/mol. The van der Waals surface area contributed by atoms with Gasteiger partial charge in [0.05, 0.1) is 0 Å². The van der Waals surface area contributed by atoms with Gasteiger partial charge in [-0.25, -0.2) is 0 Å². The molecule has 0 aromatic carbocycles. The summed E-state index contributed by atoms with van der Waals surface area (Å²) in [6, 6.07) is 0. The minimum Gasteiger partial charge on any atom is -0.462 e. The first kappa shape index (κ1) is 78.8. The van der Waals surface area contributed by atoms with Gasteiger partial charge in [0.25, 0.3) is 0 Å². The lowest BCUT2D eigenvalue weighted by Gasteiger charge is -2.18. The Hall–Kier alpha value is -4.19. The minimum atomic E-state index is -0.789. The van der Waals surface area contributed by atoms with Crippen molar-refractivity contribution in [2.75, 3.05) is 13.2 Å². The zero-order chi connectivity index (χ0) is 59.9. The smallest absolute Gasteiger partial charge is 0.306 e. The van der Waals surface area contributed by atoms with Crippen molar-refractivity contribution in [3.8, 4) is 0 Å². The Labute approximate surface area is 513 Å². The molecule has 6 heteroatoms. The van der Waals surface area contributed by atoms with Crippen LogP contribution in [-0.2, 0) is 28.6 Å². The lowest BCUT2D eigenvalue weighted by atomic mass is 10.0. The molecule has 0 bridgehead atoms. The maximum atomic E-state index is 12.9. The van der Waals surface area contributed by atoms with Crippen LogP contribution in [0, 0.1) is 0 Å². The second-order valence-corrected chi connectivity index (χ2v) is 23.1. The highest BCUT2D eigenvalue weighted by atomic mass is 16.6. The molecule has 1 unspecified atom stereocenters. The number of esters is 3. The van der Waals surface area contributed by atoms with Gasteiger partial charge in [-0.05, 0) is 116 Å². The summed E-state index contributed by atoms with van der Waals surface area (Å²) in [4.78, 5) is 38.4. The SMILES string of the molecule is CC/C=C\C/C=C\C/C=C\C/C=C\C/C=C\C/C=C\C/C=C\C/C=C\C/C=C\CCCCCCCC(=O)OCC(COC(=O)CCCCCCCCCCCCCCC)OC(=O)CCCCCCCCCCC/C=C\CCCCCCCC. The minimum absolute atomic E-state index is 0.0832. The van der Waals surface area contributed by atoms with Gasteiger partial charge in [-0.2, -0.15) is 0 Å². The Balaban J connectivity index is 4.33. The van der Waals surface area contributed by atoms with Gasteiger partial charge >= 0.3 is 17.9 Å². The van der Waals surface area contributed by atoms with Crippen molar-refractivity contribution in [1.29, 1.82) is 0 Å². The van der Waals surface area contributed by atoms with Crippen LogP contribution in [0.3, 0.4) is 0 Å². The number of ether oxygens (including phenoxy) is 3. The number of carbonyl (C=O) groups is 3. The molecule has 0 rings (SSSR count). The van der Waals surface area contributed by atoms with E-state index in [1.807, 2.05) is 0 Å². The van der Waals surface area contributed by atoms with Gasteiger partial charge in [0.1, 0.15) is 13.2 Å². The Morgan fingerprint density at radius 3 is 0.747 bits per heavy atom. The van der Waals surface area contributed by atoms with Gasteiger partial charge in [-0.3, -0.25) is 14.4 Å². The summed E-state index contributed by atoms with van der Waals surface area (Å²) in [5, 5.41) is 0. The predicted molar refractivity (Wildman–Crippen MR) is 362 cm³/mol. The third-order valence-corrected chi connectivity index (χ3v) is 15.0. The Kier molecular flexibility index (Phi) is 66.7. The van der Waals surface area contributed by atoms with Crippen LogP contribution in [0.25, 0.3) is 0 Å². The normalized spacial score (nSPS) is 12.9. The summed E-state index contributed by atoms with van der Waals surface area (Å²) in [5.41, 5.74) is 0. The van der Waals surface area contributed by atoms with Gasteiger partial charge in [0.2, 0.25) is 0 Å². The standard InChI is InChI=1S/C77H130O6/c1-4-7-10-13-16-19-22-25-27-29-31-32-33-34-35-36-37-38-39-40-41-42-43-44-46-47-49-52-55-58-61-64-67-70-76(79)82-73-74(72-81-75(78)69-66-63-60-57-54-51-24-21-18-15-12-9-6-3)83-77(80)71-68-65-62-59-56-53-50-48-45-30-28-26-23-20-17-14-11-8-5-2/h7,10,16,19,25-28,31-32,34-35,37-38,40-41,43-44,47,49,74H,4-6,8-9,11-15,17-18,20-24,29-30,33,36,39,42,45-46,48,50-73H2,1-3H3/b10-7-,19-16-,27-25-,28-26-,32-31-,35-34-,38-37-,41-40-,44-43-,49-47-. The highest BCUT2D eigenvalue weighted by Gasteiger charge is 2.19. The van der Waals surface area contributed by atoms with Crippen LogP contribution in [-0.4, -0.2) is 37.2 Å². The van der Waals surface area contributed by atoms with Crippen molar-refractivity contribution in [3.05, 3.63) is 122 Å². The van der Waals surface area contributed by atoms with Gasteiger partial charge in [0.15, 0.2) is 6.10 Å². The Morgan fingerprint density at radius 1 is 0.253 bits per heavy atom. The molecule has 0 aromatic heterocycles. The molecule has 83 heavy (non-hydrogen) atoms. The molecular weight excluding hydrogens is 1020 g/mol. The summed E-state index contributed by atoms with van der Waals surface area (Å²) in [6.45, 7) is 6.53.